The van der Waals surface area contributed by atoms with Crippen molar-refractivity contribution >= 4 is 0 Å². The summed E-state index contributed by atoms with van der Waals surface area (Å²) < 4.78 is 22.3. The molecule has 0 aromatic heterocycles. The van der Waals surface area contributed by atoms with Gasteiger partial charge >= 0.3 is 6.16 Å². The summed E-state index contributed by atoms with van der Waals surface area (Å²) in [6.07, 6.45) is 10.1. The number of hydrogen-bond donors (Lipinski definition) is 3. The summed E-state index contributed by atoms with van der Waals surface area (Å²) in [5.41, 5.74) is 5.29. The van der Waals surface area contributed by atoms with E-state index in [-0.39, 0.29) is 0 Å². The first-order chi connectivity index (χ1) is 15.2. The van der Waals surface area contributed by atoms with Gasteiger partial charge in [0.15, 0.2) is 0 Å². The first kappa shape index (κ1) is 32.9. The molecule has 0 spiro atoms. The molecule has 190 valence electrons. The molecule has 7 nitrogen and oxygen atoms in total. The smallest absolute Gasteiger partial charge is 0.329 e. The van der Waals surface area contributed by atoms with Gasteiger partial charge in [-0.3, -0.25) is 0 Å². The van der Waals surface area contributed by atoms with Gasteiger partial charge in [-0.05, 0) is 40.2 Å². The lowest BCUT2D eigenvalue weighted by atomic mass is 10.1. The van der Waals surface area contributed by atoms with Gasteiger partial charge < -0.3 is 35.3 Å². The number of unbranched alkanes of at least 4 members (excludes halogenated alkanes) is 7. The molecular weight excluding hydrogens is 394 g/mol. The van der Waals surface area contributed by atoms with E-state index in [2.05, 4.69) is 24.5 Å². The van der Waals surface area contributed by atoms with Crippen LogP contribution in [0.5, 0.6) is 0 Å². The van der Waals surface area contributed by atoms with Crippen LogP contribution in [0.25, 0.3) is 0 Å². The highest BCUT2D eigenvalue weighted by Gasteiger charge is 2.34. The Morgan fingerprint density at radius 2 is 1.03 bits per heavy atom. The second kappa shape index (κ2) is 27.8. The van der Waals surface area contributed by atoms with E-state index in [0.29, 0.717) is 26.4 Å². The Morgan fingerprint density at radius 3 is 1.48 bits per heavy atom. The molecule has 0 amide bonds. The van der Waals surface area contributed by atoms with Crippen molar-refractivity contribution in [3.8, 4) is 0 Å². The Balaban J connectivity index is 0. The van der Waals surface area contributed by atoms with Gasteiger partial charge in [0.1, 0.15) is 0 Å². The van der Waals surface area contributed by atoms with Crippen molar-refractivity contribution in [3.63, 3.8) is 0 Å². The summed E-state index contributed by atoms with van der Waals surface area (Å²) in [7, 11) is 0. The van der Waals surface area contributed by atoms with E-state index in [1.165, 1.54) is 51.4 Å². The molecule has 0 aromatic rings. The molecule has 0 saturated heterocycles. The second-order valence-electron chi connectivity index (χ2n) is 7.41. The fourth-order valence-electron chi connectivity index (χ4n) is 2.92. The second-order valence-corrected chi connectivity index (χ2v) is 7.41. The van der Waals surface area contributed by atoms with Crippen LogP contribution in [0, 0.1) is 0 Å². The van der Waals surface area contributed by atoms with Gasteiger partial charge in [0.2, 0.25) is 0 Å². The average Bonchev–Trinajstić information content (AvgIpc) is 2.76. The van der Waals surface area contributed by atoms with Gasteiger partial charge in [0.25, 0.3) is 0 Å². The molecule has 0 rings (SSSR count). The van der Waals surface area contributed by atoms with Crippen molar-refractivity contribution in [1.29, 1.82) is 0 Å². The molecule has 0 radical (unpaired) electrons. The number of nitrogens with two attached hydrogens (primary N) is 1. The van der Waals surface area contributed by atoms with Crippen molar-refractivity contribution in [2.45, 2.75) is 98.6 Å². The zero-order valence-electron chi connectivity index (χ0n) is 21.4. The van der Waals surface area contributed by atoms with E-state index >= 15 is 0 Å². The summed E-state index contributed by atoms with van der Waals surface area (Å²) in [6, 6.07) is 0. The topological polar surface area (TPSA) is 87.0 Å². The van der Waals surface area contributed by atoms with E-state index in [1.807, 2.05) is 20.8 Å². The summed E-state index contributed by atoms with van der Waals surface area (Å²) in [5.74, 6) is 0. The van der Waals surface area contributed by atoms with Crippen molar-refractivity contribution in [2.75, 3.05) is 59.2 Å². The highest BCUT2D eigenvalue weighted by Crippen LogP contribution is 2.18. The summed E-state index contributed by atoms with van der Waals surface area (Å²) >= 11 is 0. The zero-order valence-corrected chi connectivity index (χ0v) is 21.4. The molecule has 0 aliphatic heterocycles. The van der Waals surface area contributed by atoms with Crippen LogP contribution in [-0.2, 0) is 18.9 Å². The first-order valence-electron chi connectivity index (χ1n) is 12.8. The molecule has 0 saturated carbocycles. The van der Waals surface area contributed by atoms with E-state index in [4.69, 9.17) is 24.7 Å². The molecule has 7 heteroatoms. The SMILES string of the molecule is CCCCCCCCCCOC(OCC)(OCC)OCC.CCCNCCNCCN. The minimum absolute atomic E-state index is 0.497. The summed E-state index contributed by atoms with van der Waals surface area (Å²) in [6.45, 7) is 17.1. The maximum atomic E-state index is 5.73. The quantitative estimate of drug-likeness (QED) is 0.157. The highest BCUT2D eigenvalue weighted by molar-refractivity contribution is 4.51. The Hall–Kier alpha value is -0.280. The highest BCUT2D eigenvalue weighted by atomic mass is 17.0. The molecule has 0 aromatic carbocycles. The van der Waals surface area contributed by atoms with Gasteiger partial charge in [-0.2, -0.15) is 0 Å². The molecule has 0 bridgehead atoms. The Kier molecular flexibility index (Phi) is 29.5. The Bertz CT molecular complexity index is 298. The first-order valence-corrected chi connectivity index (χ1v) is 12.8. The van der Waals surface area contributed by atoms with E-state index < -0.39 is 6.16 Å². The van der Waals surface area contributed by atoms with E-state index in [1.54, 1.807) is 0 Å². The van der Waals surface area contributed by atoms with Crippen LogP contribution in [0.3, 0.4) is 0 Å². The van der Waals surface area contributed by atoms with Crippen LogP contribution in [0.4, 0.5) is 0 Å². The standard InChI is InChI=1S/C17H36O4.C7H19N3/c1-5-9-10-11-12-13-14-15-16-21-17(18-6-2,19-7-3)20-8-4;1-2-4-9-6-7-10-5-3-8/h5-16H2,1-4H3;9-10H,2-8H2,1H3. The Morgan fingerprint density at radius 1 is 0.548 bits per heavy atom. The van der Waals surface area contributed by atoms with E-state index in [0.717, 1.165) is 39.1 Å². The van der Waals surface area contributed by atoms with Crippen LogP contribution < -0.4 is 16.4 Å². The third-order valence-electron chi connectivity index (χ3n) is 4.47. The third-order valence-corrected chi connectivity index (χ3v) is 4.47. The molecular formula is C24H55N3O4. The van der Waals surface area contributed by atoms with Gasteiger partial charge in [0, 0.05) is 26.2 Å². The molecule has 0 aliphatic carbocycles. The molecule has 0 aliphatic rings. The lowest BCUT2D eigenvalue weighted by Crippen LogP contribution is -2.42. The number of hydrogen-bond acceptors (Lipinski definition) is 7. The lowest BCUT2D eigenvalue weighted by Gasteiger charge is -2.31. The minimum atomic E-state index is -1.31. The predicted octanol–water partition coefficient (Wildman–Crippen LogP) is 4.40. The minimum Gasteiger partial charge on any atom is -0.329 e. The normalized spacial score (nSPS) is 11.4. The summed E-state index contributed by atoms with van der Waals surface area (Å²) in [5, 5.41) is 6.50. The van der Waals surface area contributed by atoms with Crippen LogP contribution in [0.2, 0.25) is 0 Å². The van der Waals surface area contributed by atoms with Gasteiger partial charge in [-0.25, -0.2) is 0 Å². The van der Waals surface area contributed by atoms with Crippen LogP contribution in [0.15, 0.2) is 0 Å². The van der Waals surface area contributed by atoms with Gasteiger partial charge in [0.05, 0.1) is 26.4 Å². The molecule has 31 heavy (non-hydrogen) atoms. The van der Waals surface area contributed by atoms with Crippen LogP contribution >= 0.6 is 0 Å². The summed E-state index contributed by atoms with van der Waals surface area (Å²) in [4.78, 5) is 0. The number of rotatable bonds is 23. The number of ether oxygens (including phenoxy) is 4. The molecule has 4 N–H and O–H groups in total. The van der Waals surface area contributed by atoms with Crippen molar-refractivity contribution in [3.05, 3.63) is 0 Å². The third kappa shape index (κ3) is 24.2. The fraction of sp³-hybridized carbons (Fsp3) is 1.00. The van der Waals surface area contributed by atoms with Crippen LogP contribution in [-0.4, -0.2) is 65.3 Å². The van der Waals surface area contributed by atoms with Crippen LogP contribution in [0.1, 0.15) is 92.4 Å². The zero-order chi connectivity index (χ0) is 23.5. The molecule has 0 unspecified atom stereocenters. The predicted molar refractivity (Wildman–Crippen MR) is 131 cm³/mol. The average molecular weight is 450 g/mol. The van der Waals surface area contributed by atoms with Gasteiger partial charge in [-0.15, -0.1) is 0 Å². The Labute approximate surface area is 193 Å². The van der Waals surface area contributed by atoms with Crippen molar-refractivity contribution in [2.24, 2.45) is 5.73 Å². The molecule has 0 heterocycles. The molecule has 0 atom stereocenters. The fourth-order valence-corrected chi connectivity index (χ4v) is 2.92. The van der Waals surface area contributed by atoms with Crippen molar-refractivity contribution < 1.29 is 18.9 Å². The molecule has 0 fully saturated rings. The monoisotopic (exact) mass is 449 g/mol. The lowest BCUT2D eigenvalue weighted by molar-refractivity contribution is -0.496. The van der Waals surface area contributed by atoms with Crippen molar-refractivity contribution in [1.82, 2.24) is 10.6 Å². The van der Waals surface area contributed by atoms with Gasteiger partial charge in [-0.1, -0.05) is 58.8 Å². The number of nitrogens with one attached hydrogen (secondary N) is 2. The van der Waals surface area contributed by atoms with E-state index in [9.17, 15) is 0 Å². The largest absolute Gasteiger partial charge is 0.412 e. The maximum Gasteiger partial charge on any atom is 0.412 e. The maximum absolute atomic E-state index is 5.73.